The molecule has 0 spiro atoms. The van der Waals surface area contributed by atoms with E-state index in [4.69, 9.17) is 0 Å². The third-order valence-electron chi connectivity index (χ3n) is 5.63. The number of hydrogen-bond acceptors (Lipinski definition) is 4. The Kier molecular flexibility index (Phi) is 5.65. The van der Waals surface area contributed by atoms with Crippen LogP contribution in [0.25, 0.3) is 0 Å². The van der Waals surface area contributed by atoms with Gasteiger partial charge in [-0.25, -0.2) is 0 Å². The van der Waals surface area contributed by atoms with Crippen LogP contribution in [0, 0.1) is 0 Å². The van der Waals surface area contributed by atoms with Crippen LogP contribution in [0.2, 0.25) is 0 Å². The number of azo groups is 1. The minimum absolute atomic E-state index is 0.0348. The molecule has 152 valence electrons. The lowest BCUT2D eigenvalue weighted by Crippen LogP contribution is -2.23. The molecule has 6 nitrogen and oxygen atoms in total. The summed E-state index contributed by atoms with van der Waals surface area (Å²) >= 11 is 0. The number of hydrogen-bond donors (Lipinski definition) is 1. The third-order valence-corrected chi connectivity index (χ3v) is 5.63. The Morgan fingerprint density at radius 3 is 2.53 bits per heavy atom. The molecule has 0 radical (unpaired) electrons. The molecule has 0 saturated heterocycles. The smallest absolute Gasteiger partial charge is 0.291 e. The van der Waals surface area contributed by atoms with Crippen LogP contribution in [0.3, 0.4) is 0 Å². The van der Waals surface area contributed by atoms with Crippen molar-refractivity contribution in [3.05, 3.63) is 76.4 Å². The molecule has 2 aromatic rings. The summed E-state index contributed by atoms with van der Waals surface area (Å²) in [5, 5.41) is 11.0. The number of Topliss-reactive ketones (excluding diaryl/α,β-unsaturated/α-hetero) is 1. The molecule has 2 aliphatic rings. The summed E-state index contributed by atoms with van der Waals surface area (Å²) in [6.07, 6.45) is 4.45. The van der Waals surface area contributed by atoms with Gasteiger partial charge in [-0.05, 0) is 68.0 Å². The maximum atomic E-state index is 12.5. The molecule has 0 bridgehead atoms. The van der Waals surface area contributed by atoms with E-state index in [9.17, 15) is 14.4 Å². The van der Waals surface area contributed by atoms with Crippen LogP contribution in [0.1, 0.15) is 58.9 Å². The van der Waals surface area contributed by atoms with Crippen LogP contribution < -0.4 is 5.32 Å². The van der Waals surface area contributed by atoms with Crippen molar-refractivity contribution in [2.75, 3.05) is 5.32 Å². The van der Waals surface area contributed by atoms with E-state index in [0.717, 1.165) is 42.4 Å². The first kappa shape index (κ1) is 19.9. The Morgan fingerprint density at radius 1 is 1.03 bits per heavy atom. The molecule has 0 aromatic heterocycles. The molecule has 4 rings (SSSR count). The summed E-state index contributed by atoms with van der Waals surface area (Å²) in [4.78, 5) is 35.9. The summed E-state index contributed by atoms with van der Waals surface area (Å²) < 4.78 is 0. The average molecular weight is 401 g/mol. The Hall–Kier alpha value is -3.41. The van der Waals surface area contributed by atoms with Gasteiger partial charge in [0, 0.05) is 28.8 Å². The van der Waals surface area contributed by atoms with Gasteiger partial charge in [-0.2, -0.15) is 5.11 Å². The van der Waals surface area contributed by atoms with Crippen LogP contribution in [-0.2, 0) is 11.2 Å². The maximum absolute atomic E-state index is 12.5. The van der Waals surface area contributed by atoms with E-state index in [1.165, 1.54) is 6.92 Å². The number of benzene rings is 2. The molecular weight excluding hydrogens is 378 g/mol. The van der Waals surface area contributed by atoms with Crippen molar-refractivity contribution in [3.8, 4) is 0 Å². The lowest BCUT2D eigenvalue weighted by molar-refractivity contribution is -0.115. The van der Waals surface area contributed by atoms with Gasteiger partial charge < -0.3 is 5.32 Å². The predicted molar refractivity (Wildman–Crippen MR) is 114 cm³/mol. The average Bonchev–Trinajstić information content (AvgIpc) is 2.76. The van der Waals surface area contributed by atoms with Gasteiger partial charge in [0.1, 0.15) is 0 Å². The van der Waals surface area contributed by atoms with E-state index >= 15 is 0 Å². The number of rotatable bonds is 5. The van der Waals surface area contributed by atoms with Crippen LogP contribution in [0.15, 0.2) is 69.9 Å². The Labute approximate surface area is 175 Å². The first-order valence-corrected chi connectivity index (χ1v) is 10.2. The topological polar surface area (TPSA) is 88.0 Å². The van der Waals surface area contributed by atoms with Crippen LogP contribution in [-0.4, -0.2) is 23.6 Å². The molecule has 0 fully saturated rings. The van der Waals surface area contributed by atoms with Gasteiger partial charge in [0.25, 0.3) is 11.8 Å². The highest BCUT2D eigenvalue weighted by Gasteiger charge is 2.28. The van der Waals surface area contributed by atoms with Crippen molar-refractivity contribution in [3.63, 3.8) is 0 Å². The molecule has 2 aromatic carbocycles. The molecule has 1 N–H and O–H groups in total. The maximum Gasteiger partial charge on any atom is 0.291 e. The molecule has 1 unspecified atom stereocenters. The third kappa shape index (κ3) is 4.27. The lowest BCUT2D eigenvalue weighted by Gasteiger charge is -2.25. The van der Waals surface area contributed by atoms with Gasteiger partial charge in [-0.3, -0.25) is 14.4 Å². The molecule has 2 amide bonds. The summed E-state index contributed by atoms with van der Waals surface area (Å²) in [7, 11) is 0. The molecular formula is C24H23N3O3. The van der Waals surface area contributed by atoms with E-state index in [0.29, 0.717) is 23.2 Å². The Morgan fingerprint density at radius 2 is 1.77 bits per heavy atom. The first-order valence-electron chi connectivity index (χ1n) is 10.2. The predicted octanol–water partition coefficient (Wildman–Crippen LogP) is 4.92. The number of carbonyl (C=O) groups is 3. The van der Waals surface area contributed by atoms with Crippen molar-refractivity contribution >= 4 is 23.3 Å². The number of nitrogens with zero attached hydrogens (tertiary/aromatic N) is 2. The van der Waals surface area contributed by atoms with Gasteiger partial charge in [-0.15, -0.1) is 5.11 Å². The number of anilines is 1. The summed E-state index contributed by atoms with van der Waals surface area (Å²) in [5.74, 6) is -0.451. The first-order chi connectivity index (χ1) is 14.5. The van der Waals surface area contributed by atoms with Gasteiger partial charge in [0.05, 0.1) is 6.04 Å². The fraction of sp³-hybridized carbons (Fsp3) is 0.292. The zero-order valence-corrected chi connectivity index (χ0v) is 16.9. The minimum atomic E-state index is -0.234. The quantitative estimate of drug-likeness (QED) is 0.722. The molecule has 30 heavy (non-hydrogen) atoms. The largest absolute Gasteiger partial charge is 0.322 e. The zero-order chi connectivity index (χ0) is 21.1. The fourth-order valence-corrected chi connectivity index (χ4v) is 4.02. The van der Waals surface area contributed by atoms with Crippen LogP contribution in [0.4, 0.5) is 5.69 Å². The van der Waals surface area contributed by atoms with E-state index in [1.54, 1.807) is 24.3 Å². The van der Waals surface area contributed by atoms with Crippen LogP contribution >= 0.6 is 0 Å². The number of nitrogens with one attached hydrogen (secondary N) is 1. The number of ketones is 1. The Bertz CT molecular complexity index is 1070. The molecule has 1 aliphatic carbocycles. The standard InChI is InChI=1S/C24H23N3O3/c1-15(28)17-9-11-18(12-10-17)23(29)25-19-6-4-5-16(13-19)14-22-20-7-2-3-8-21(20)24(30)27-26-22/h4-6,9-13,22H,2-3,7-8,14H2,1H3,(H,25,29). The van der Waals surface area contributed by atoms with E-state index in [-0.39, 0.29) is 23.6 Å². The van der Waals surface area contributed by atoms with Gasteiger partial charge in [0.2, 0.25) is 0 Å². The summed E-state index contributed by atoms with van der Waals surface area (Å²) in [5.41, 5.74) is 4.75. The summed E-state index contributed by atoms with van der Waals surface area (Å²) in [6, 6.07) is 14.1. The van der Waals surface area contributed by atoms with Crippen molar-refractivity contribution in [2.45, 2.75) is 45.1 Å². The molecule has 0 saturated carbocycles. The van der Waals surface area contributed by atoms with Crippen molar-refractivity contribution in [2.24, 2.45) is 10.2 Å². The second-order valence-corrected chi connectivity index (χ2v) is 7.74. The van der Waals surface area contributed by atoms with E-state index < -0.39 is 0 Å². The Balaban J connectivity index is 1.47. The lowest BCUT2D eigenvalue weighted by atomic mass is 9.84. The normalized spacial score (nSPS) is 18.2. The SMILES string of the molecule is CC(=O)c1ccc(C(=O)Nc2cccc(CC3N=NC(=O)C4=C3CCCC4)c2)cc1. The van der Waals surface area contributed by atoms with Crippen LogP contribution in [0.5, 0.6) is 0 Å². The molecule has 1 atom stereocenters. The number of amides is 2. The zero-order valence-electron chi connectivity index (χ0n) is 16.9. The summed E-state index contributed by atoms with van der Waals surface area (Å²) in [6.45, 7) is 1.49. The van der Waals surface area contributed by atoms with Crippen molar-refractivity contribution < 1.29 is 14.4 Å². The fourth-order valence-electron chi connectivity index (χ4n) is 4.02. The van der Waals surface area contributed by atoms with E-state index in [1.807, 2.05) is 24.3 Å². The highest BCUT2D eigenvalue weighted by molar-refractivity contribution is 6.05. The molecule has 1 aliphatic heterocycles. The second kappa shape index (κ2) is 8.53. The van der Waals surface area contributed by atoms with Gasteiger partial charge in [0.15, 0.2) is 5.78 Å². The van der Waals surface area contributed by atoms with E-state index in [2.05, 4.69) is 15.5 Å². The number of carbonyl (C=O) groups excluding carboxylic acids is 3. The van der Waals surface area contributed by atoms with Gasteiger partial charge >= 0.3 is 0 Å². The van der Waals surface area contributed by atoms with Gasteiger partial charge in [-0.1, -0.05) is 24.3 Å². The molecule has 1 heterocycles. The second-order valence-electron chi connectivity index (χ2n) is 7.74. The monoisotopic (exact) mass is 401 g/mol. The van der Waals surface area contributed by atoms with Crippen molar-refractivity contribution in [1.82, 2.24) is 0 Å². The minimum Gasteiger partial charge on any atom is -0.322 e. The highest BCUT2D eigenvalue weighted by atomic mass is 16.2. The molecule has 6 heteroatoms. The van der Waals surface area contributed by atoms with Crippen molar-refractivity contribution in [1.29, 1.82) is 0 Å². The highest BCUT2D eigenvalue weighted by Crippen LogP contribution is 2.33.